The molecule has 0 aliphatic carbocycles. The van der Waals surface area contributed by atoms with Crippen molar-refractivity contribution in [2.24, 2.45) is 5.92 Å². The summed E-state index contributed by atoms with van der Waals surface area (Å²) >= 11 is 0. The van der Waals surface area contributed by atoms with E-state index in [0.717, 1.165) is 12.8 Å². The van der Waals surface area contributed by atoms with E-state index < -0.39 is 0 Å². The Bertz CT molecular complexity index is 131. The van der Waals surface area contributed by atoms with Gasteiger partial charge in [0.15, 0.2) is 0 Å². The molecule has 1 aliphatic rings. The minimum absolute atomic E-state index is 0.442. The molecule has 1 fully saturated rings. The normalized spacial score (nSPS) is 37.5. The van der Waals surface area contributed by atoms with E-state index in [1.54, 1.807) is 0 Å². The van der Waals surface area contributed by atoms with Gasteiger partial charge in [0.1, 0.15) is 0 Å². The Kier molecular flexibility index (Phi) is 3.13. The zero-order chi connectivity index (χ0) is 8.27. The molecule has 3 atom stereocenters. The van der Waals surface area contributed by atoms with Crippen molar-refractivity contribution in [1.29, 1.82) is 0 Å². The molecule has 1 nitrogen and oxygen atoms in total. The molecule has 0 aromatic carbocycles. The van der Waals surface area contributed by atoms with Gasteiger partial charge in [0.05, 0.1) is 12.2 Å². The van der Waals surface area contributed by atoms with Gasteiger partial charge in [-0.25, -0.2) is 0 Å². The van der Waals surface area contributed by atoms with Gasteiger partial charge in [-0.1, -0.05) is 19.9 Å². The maximum absolute atomic E-state index is 5.79. The van der Waals surface area contributed by atoms with E-state index in [0.29, 0.717) is 18.1 Å². The van der Waals surface area contributed by atoms with E-state index in [9.17, 15) is 0 Å². The van der Waals surface area contributed by atoms with Crippen LogP contribution in [-0.2, 0) is 4.74 Å². The summed E-state index contributed by atoms with van der Waals surface area (Å²) in [5.41, 5.74) is 0. The first-order valence-corrected chi connectivity index (χ1v) is 4.59. The molecule has 1 heteroatoms. The van der Waals surface area contributed by atoms with E-state index in [4.69, 9.17) is 4.74 Å². The highest BCUT2D eigenvalue weighted by atomic mass is 16.5. The topological polar surface area (TPSA) is 9.23 Å². The van der Waals surface area contributed by atoms with Gasteiger partial charge in [-0.2, -0.15) is 0 Å². The SMILES string of the molecule is C=C[C@@H]1C[C@H](CC)O[C@@H]1CC. The first kappa shape index (κ1) is 8.79. The lowest BCUT2D eigenvalue weighted by Crippen LogP contribution is -2.12. The van der Waals surface area contributed by atoms with Gasteiger partial charge < -0.3 is 4.74 Å². The Morgan fingerprint density at radius 3 is 2.55 bits per heavy atom. The highest BCUT2D eigenvalue weighted by Crippen LogP contribution is 2.30. The maximum atomic E-state index is 5.79. The summed E-state index contributed by atoms with van der Waals surface area (Å²) in [4.78, 5) is 0. The van der Waals surface area contributed by atoms with Gasteiger partial charge in [-0.3, -0.25) is 0 Å². The van der Waals surface area contributed by atoms with Crippen molar-refractivity contribution in [3.8, 4) is 0 Å². The second-order valence-electron chi connectivity index (χ2n) is 3.25. The fraction of sp³-hybridized carbons (Fsp3) is 0.800. The predicted octanol–water partition coefficient (Wildman–Crippen LogP) is 2.77. The minimum Gasteiger partial charge on any atom is -0.374 e. The summed E-state index contributed by atoms with van der Waals surface area (Å²) in [5, 5.41) is 0. The van der Waals surface area contributed by atoms with Crippen LogP contribution < -0.4 is 0 Å². The van der Waals surface area contributed by atoms with Gasteiger partial charge in [0.2, 0.25) is 0 Å². The molecule has 1 heterocycles. The highest BCUT2D eigenvalue weighted by molar-refractivity contribution is 4.91. The zero-order valence-corrected chi connectivity index (χ0v) is 7.55. The molecule has 0 aromatic heterocycles. The van der Waals surface area contributed by atoms with E-state index >= 15 is 0 Å². The molecule has 0 unspecified atom stereocenters. The molecule has 1 aliphatic heterocycles. The molecule has 0 saturated carbocycles. The summed E-state index contributed by atoms with van der Waals surface area (Å²) in [5.74, 6) is 0.602. The Hall–Kier alpha value is -0.300. The minimum atomic E-state index is 0.442. The quantitative estimate of drug-likeness (QED) is 0.568. The Balaban J connectivity index is 2.47. The molecule has 0 N–H and O–H groups in total. The molecular formula is C10H18O. The van der Waals surface area contributed by atoms with Crippen molar-refractivity contribution in [2.75, 3.05) is 0 Å². The summed E-state index contributed by atoms with van der Waals surface area (Å²) in [6, 6.07) is 0. The van der Waals surface area contributed by atoms with Crippen LogP contribution in [0.3, 0.4) is 0 Å². The van der Waals surface area contributed by atoms with E-state index in [1.807, 2.05) is 6.08 Å². The Labute approximate surface area is 69.4 Å². The summed E-state index contributed by atoms with van der Waals surface area (Å²) in [7, 11) is 0. The summed E-state index contributed by atoms with van der Waals surface area (Å²) in [6.45, 7) is 8.19. The molecule has 0 amide bonds. The fourth-order valence-electron chi connectivity index (χ4n) is 1.77. The van der Waals surface area contributed by atoms with Crippen LogP contribution in [-0.4, -0.2) is 12.2 Å². The van der Waals surface area contributed by atoms with Crippen molar-refractivity contribution in [1.82, 2.24) is 0 Å². The van der Waals surface area contributed by atoms with Gasteiger partial charge in [0.25, 0.3) is 0 Å². The van der Waals surface area contributed by atoms with Gasteiger partial charge in [0, 0.05) is 5.92 Å². The van der Waals surface area contributed by atoms with Crippen molar-refractivity contribution < 1.29 is 4.74 Å². The van der Waals surface area contributed by atoms with Gasteiger partial charge in [-0.15, -0.1) is 6.58 Å². The molecule has 11 heavy (non-hydrogen) atoms. The van der Waals surface area contributed by atoms with Crippen LogP contribution in [0.4, 0.5) is 0 Å². The third-order valence-corrected chi connectivity index (χ3v) is 2.54. The maximum Gasteiger partial charge on any atom is 0.0639 e. The molecule has 0 aromatic rings. The second kappa shape index (κ2) is 3.91. The predicted molar refractivity (Wildman–Crippen MR) is 47.5 cm³/mol. The van der Waals surface area contributed by atoms with Crippen LogP contribution in [0.5, 0.6) is 0 Å². The van der Waals surface area contributed by atoms with E-state index in [2.05, 4.69) is 20.4 Å². The summed E-state index contributed by atoms with van der Waals surface area (Å²) in [6.07, 6.45) is 6.41. The first-order chi connectivity index (χ1) is 5.31. The fourth-order valence-corrected chi connectivity index (χ4v) is 1.77. The van der Waals surface area contributed by atoms with Crippen molar-refractivity contribution in [3.05, 3.63) is 12.7 Å². The number of hydrogen-bond acceptors (Lipinski definition) is 1. The monoisotopic (exact) mass is 154 g/mol. The average Bonchev–Trinajstić information content (AvgIpc) is 2.46. The van der Waals surface area contributed by atoms with Crippen LogP contribution >= 0.6 is 0 Å². The molecule has 1 saturated heterocycles. The Morgan fingerprint density at radius 1 is 1.45 bits per heavy atom. The Morgan fingerprint density at radius 2 is 2.18 bits per heavy atom. The molecule has 0 bridgehead atoms. The van der Waals surface area contributed by atoms with Crippen molar-refractivity contribution >= 4 is 0 Å². The van der Waals surface area contributed by atoms with Crippen LogP contribution in [0.2, 0.25) is 0 Å². The first-order valence-electron chi connectivity index (χ1n) is 4.59. The molecule has 64 valence electrons. The lowest BCUT2D eigenvalue weighted by Gasteiger charge is -2.12. The molecular weight excluding hydrogens is 136 g/mol. The van der Waals surface area contributed by atoms with Crippen LogP contribution in [0.25, 0.3) is 0 Å². The van der Waals surface area contributed by atoms with Crippen LogP contribution in [0, 0.1) is 5.92 Å². The average molecular weight is 154 g/mol. The standard InChI is InChI=1S/C10H18O/c1-4-8-7-9(5-2)11-10(8)6-3/h4,8-10H,1,5-7H2,2-3H3/t8-,9+,10-/m1/s1. The third-order valence-electron chi connectivity index (χ3n) is 2.54. The smallest absolute Gasteiger partial charge is 0.0639 e. The zero-order valence-electron chi connectivity index (χ0n) is 7.55. The number of rotatable bonds is 3. The molecule has 0 spiro atoms. The van der Waals surface area contributed by atoms with Crippen molar-refractivity contribution in [3.63, 3.8) is 0 Å². The molecule has 0 radical (unpaired) electrons. The highest BCUT2D eigenvalue weighted by Gasteiger charge is 2.30. The van der Waals surface area contributed by atoms with Crippen molar-refractivity contribution in [2.45, 2.75) is 45.3 Å². The van der Waals surface area contributed by atoms with E-state index in [-0.39, 0.29) is 0 Å². The lowest BCUT2D eigenvalue weighted by atomic mass is 9.97. The molecule has 1 rings (SSSR count). The number of ether oxygens (including phenoxy) is 1. The van der Waals surface area contributed by atoms with Gasteiger partial charge >= 0.3 is 0 Å². The van der Waals surface area contributed by atoms with E-state index in [1.165, 1.54) is 6.42 Å². The number of hydrogen-bond donors (Lipinski definition) is 0. The second-order valence-corrected chi connectivity index (χ2v) is 3.25. The largest absolute Gasteiger partial charge is 0.374 e. The van der Waals surface area contributed by atoms with Crippen LogP contribution in [0.1, 0.15) is 33.1 Å². The lowest BCUT2D eigenvalue weighted by molar-refractivity contribution is 0.0353. The van der Waals surface area contributed by atoms with Gasteiger partial charge in [-0.05, 0) is 19.3 Å². The summed E-state index contributed by atoms with van der Waals surface area (Å²) < 4.78 is 5.79. The van der Waals surface area contributed by atoms with Crippen LogP contribution in [0.15, 0.2) is 12.7 Å². The third kappa shape index (κ3) is 1.84.